The molecule has 0 heterocycles. The van der Waals surface area contributed by atoms with Crippen molar-refractivity contribution in [3.63, 3.8) is 0 Å². The van der Waals surface area contributed by atoms with E-state index in [1.54, 1.807) is 7.11 Å². The van der Waals surface area contributed by atoms with Gasteiger partial charge in [0, 0.05) is 12.5 Å². The third-order valence-corrected chi connectivity index (χ3v) is 5.15. The molecule has 88 valence electrons. The van der Waals surface area contributed by atoms with Gasteiger partial charge in [-0.3, -0.25) is 0 Å². The lowest BCUT2D eigenvalue weighted by atomic mass is 9.57. The van der Waals surface area contributed by atoms with E-state index in [1.807, 2.05) is 6.92 Å². The average molecular weight is 212 g/mol. The summed E-state index contributed by atoms with van der Waals surface area (Å²) >= 11 is 0. The first-order chi connectivity index (χ1) is 7.02. The van der Waals surface area contributed by atoms with Gasteiger partial charge in [0.25, 0.3) is 0 Å². The largest absolute Gasteiger partial charge is 0.390 e. The average Bonchev–Trinajstić information content (AvgIpc) is 2.60. The summed E-state index contributed by atoms with van der Waals surface area (Å²) in [5.41, 5.74) is -0.343. The number of aliphatic hydroxyl groups is 1. The van der Waals surface area contributed by atoms with Gasteiger partial charge in [0.05, 0.1) is 11.7 Å². The summed E-state index contributed by atoms with van der Waals surface area (Å²) in [6, 6.07) is 0. The molecular weight excluding hydrogens is 188 g/mol. The van der Waals surface area contributed by atoms with Gasteiger partial charge in [-0.05, 0) is 44.9 Å². The predicted octanol–water partition coefficient (Wildman–Crippen LogP) is 2.74. The van der Waals surface area contributed by atoms with Gasteiger partial charge in [0.1, 0.15) is 0 Å². The molecule has 0 aromatic heterocycles. The van der Waals surface area contributed by atoms with Gasteiger partial charge in [-0.1, -0.05) is 13.3 Å². The second-order valence-corrected chi connectivity index (χ2v) is 5.82. The molecule has 15 heavy (non-hydrogen) atoms. The van der Waals surface area contributed by atoms with Crippen molar-refractivity contribution in [2.45, 2.75) is 64.1 Å². The van der Waals surface area contributed by atoms with Crippen LogP contribution in [-0.2, 0) is 4.74 Å². The van der Waals surface area contributed by atoms with Crippen LogP contribution < -0.4 is 0 Å². The zero-order chi connectivity index (χ0) is 11.1. The molecule has 2 saturated carbocycles. The third kappa shape index (κ3) is 1.62. The third-order valence-electron chi connectivity index (χ3n) is 5.15. The number of rotatable bonds is 1. The molecule has 0 radical (unpaired) electrons. The highest BCUT2D eigenvalue weighted by atomic mass is 16.5. The van der Waals surface area contributed by atoms with Crippen LogP contribution in [0.3, 0.4) is 0 Å². The van der Waals surface area contributed by atoms with Crippen LogP contribution in [-0.4, -0.2) is 23.9 Å². The van der Waals surface area contributed by atoms with Gasteiger partial charge in [0.2, 0.25) is 0 Å². The van der Waals surface area contributed by atoms with Crippen LogP contribution in [0, 0.1) is 11.3 Å². The van der Waals surface area contributed by atoms with Crippen molar-refractivity contribution in [1.82, 2.24) is 0 Å². The molecule has 2 aliphatic carbocycles. The Bertz CT molecular complexity index is 237. The Balaban J connectivity index is 2.23. The first kappa shape index (κ1) is 11.4. The van der Waals surface area contributed by atoms with Crippen molar-refractivity contribution in [3.05, 3.63) is 0 Å². The van der Waals surface area contributed by atoms with Crippen LogP contribution in [0.1, 0.15) is 52.4 Å². The molecule has 0 bridgehead atoms. The van der Waals surface area contributed by atoms with Gasteiger partial charge in [0.15, 0.2) is 0 Å². The molecule has 0 amide bonds. The summed E-state index contributed by atoms with van der Waals surface area (Å²) < 4.78 is 5.47. The maximum Gasteiger partial charge on any atom is 0.0679 e. The summed E-state index contributed by atoms with van der Waals surface area (Å²) in [6.07, 6.45) is 7.10. The van der Waals surface area contributed by atoms with Crippen molar-refractivity contribution in [3.8, 4) is 0 Å². The van der Waals surface area contributed by atoms with Crippen LogP contribution in [0.5, 0.6) is 0 Å². The molecule has 2 fully saturated rings. The highest BCUT2D eigenvalue weighted by molar-refractivity contribution is 5.06. The fraction of sp³-hybridized carbons (Fsp3) is 1.00. The van der Waals surface area contributed by atoms with Crippen molar-refractivity contribution >= 4 is 0 Å². The topological polar surface area (TPSA) is 29.5 Å². The van der Waals surface area contributed by atoms with E-state index in [0.717, 1.165) is 25.7 Å². The van der Waals surface area contributed by atoms with E-state index in [1.165, 1.54) is 12.8 Å². The van der Waals surface area contributed by atoms with E-state index in [0.29, 0.717) is 12.0 Å². The molecule has 1 N–H and O–H groups in total. The lowest BCUT2D eigenvalue weighted by Crippen LogP contribution is -2.51. The minimum atomic E-state index is -0.474. The monoisotopic (exact) mass is 212 g/mol. The van der Waals surface area contributed by atoms with Crippen LogP contribution in [0.2, 0.25) is 0 Å². The highest BCUT2D eigenvalue weighted by Crippen LogP contribution is 2.57. The molecule has 2 heteroatoms. The number of ether oxygens (including phenoxy) is 1. The molecule has 0 aromatic carbocycles. The van der Waals surface area contributed by atoms with E-state index >= 15 is 0 Å². The Labute approximate surface area is 93.0 Å². The Morgan fingerprint density at radius 1 is 1.27 bits per heavy atom. The molecule has 0 saturated heterocycles. The summed E-state index contributed by atoms with van der Waals surface area (Å²) in [5, 5.41) is 10.7. The van der Waals surface area contributed by atoms with Crippen molar-refractivity contribution in [2.24, 2.45) is 11.3 Å². The number of methoxy groups -OCH3 is 1. The zero-order valence-electron chi connectivity index (χ0n) is 10.3. The Morgan fingerprint density at radius 3 is 2.53 bits per heavy atom. The second kappa shape index (κ2) is 3.74. The lowest BCUT2D eigenvalue weighted by molar-refractivity contribution is -0.131. The molecule has 0 aliphatic heterocycles. The second-order valence-electron chi connectivity index (χ2n) is 5.82. The molecule has 0 unspecified atom stereocenters. The molecular formula is C13H24O2. The van der Waals surface area contributed by atoms with E-state index in [2.05, 4.69) is 6.92 Å². The van der Waals surface area contributed by atoms with Crippen molar-refractivity contribution in [2.75, 3.05) is 7.11 Å². The Morgan fingerprint density at radius 2 is 2.00 bits per heavy atom. The van der Waals surface area contributed by atoms with Gasteiger partial charge >= 0.3 is 0 Å². The summed E-state index contributed by atoms with van der Waals surface area (Å²) in [5.74, 6) is 0.640. The van der Waals surface area contributed by atoms with Crippen LogP contribution in [0.4, 0.5) is 0 Å². The van der Waals surface area contributed by atoms with Gasteiger partial charge < -0.3 is 9.84 Å². The molecule has 1 spiro atoms. The number of hydrogen-bond donors (Lipinski definition) is 1. The Kier molecular flexibility index (Phi) is 2.85. The molecule has 2 aliphatic rings. The summed E-state index contributed by atoms with van der Waals surface area (Å²) in [6.45, 7) is 4.35. The predicted molar refractivity (Wildman–Crippen MR) is 60.7 cm³/mol. The lowest BCUT2D eigenvalue weighted by Gasteiger charge is -2.51. The number of hydrogen-bond acceptors (Lipinski definition) is 2. The maximum absolute atomic E-state index is 10.7. The van der Waals surface area contributed by atoms with Gasteiger partial charge in [-0.15, -0.1) is 0 Å². The van der Waals surface area contributed by atoms with Crippen LogP contribution >= 0.6 is 0 Å². The van der Waals surface area contributed by atoms with Gasteiger partial charge in [-0.2, -0.15) is 0 Å². The Hall–Kier alpha value is -0.0800. The van der Waals surface area contributed by atoms with Crippen LogP contribution in [0.25, 0.3) is 0 Å². The normalized spacial score (nSPS) is 51.2. The first-order valence-electron chi connectivity index (χ1n) is 6.27. The summed E-state index contributed by atoms with van der Waals surface area (Å²) in [4.78, 5) is 0. The minimum Gasteiger partial charge on any atom is -0.390 e. The summed E-state index contributed by atoms with van der Waals surface area (Å²) in [7, 11) is 1.80. The van der Waals surface area contributed by atoms with E-state index in [4.69, 9.17) is 4.74 Å². The molecule has 2 nitrogen and oxygen atoms in total. The highest BCUT2D eigenvalue weighted by Gasteiger charge is 2.55. The van der Waals surface area contributed by atoms with Crippen molar-refractivity contribution < 1.29 is 9.84 Å². The van der Waals surface area contributed by atoms with Crippen LogP contribution in [0.15, 0.2) is 0 Å². The smallest absolute Gasteiger partial charge is 0.0679 e. The molecule has 4 atom stereocenters. The fourth-order valence-corrected chi connectivity index (χ4v) is 3.98. The maximum atomic E-state index is 10.7. The molecule has 2 rings (SSSR count). The van der Waals surface area contributed by atoms with Crippen molar-refractivity contribution in [1.29, 1.82) is 0 Å². The molecule has 0 aromatic rings. The quantitative estimate of drug-likeness (QED) is 0.724. The fourth-order valence-electron chi connectivity index (χ4n) is 3.98. The van der Waals surface area contributed by atoms with E-state index in [9.17, 15) is 5.11 Å². The minimum absolute atomic E-state index is 0.131. The van der Waals surface area contributed by atoms with E-state index in [-0.39, 0.29) is 5.41 Å². The standard InChI is InChI=1S/C13H24O2/c1-10-5-4-7-12(2,14)13(10)8-6-11(9-13)15-3/h10-11,14H,4-9H2,1-3H3/t10-,11+,12+,13+/m1/s1. The SMILES string of the molecule is CO[C@H]1CC[C@]2(C1)[C@H](C)CCC[C@]2(C)O. The zero-order valence-corrected chi connectivity index (χ0v) is 10.3. The first-order valence-corrected chi connectivity index (χ1v) is 6.27. The van der Waals surface area contributed by atoms with E-state index < -0.39 is 5.60 Å². The van der Waals surface area contributed by atoms with Gasteiger partial charge in [-0.25, -0.2) is 0 Å².